The lowest BCUT2D eigenvalue weighted by Crippen LogP contribution is -2.37. The first-order valence-corrected chi connectivity index (χ1v) is 9.96. The zero-order chi connectivity index (χ0) is 16.6. The van der Waals surface area contributed by atoms with Crippen LogP contribution in [-0.2, 0) is 0 Å². The first-order chi connectivity index (χ1) is 11.9. The van der Waals surface area contributed by atoms with Crippen LogP contribution in [-0.4, -0.2) is 9.28 Å². The molecule has 0 aliphatic rings. The van der Waals surface area contributed by atoms with E-state index in [2.05, 4.69) is 31.2 Å². The van der Waals surface area contributed by atoms with Gasteiger partial charge in [0.15, 0.2) is 0 Å². The van der Waals surface area contributed by atoms with Gasteiger partial charge < -0.3 is 8.85 Å². The average Bonchev–Trinajstić information content (AvgIpc) is 2.65. The summed E-state index contributed by atoms with van der Waals surface area (Å²) in [4.78, 5) is 0. The lowest BCUT2D eigenvalue weighted by molar-refractivity contribution is 0.401. The fraction of sp³-hybridized carbons (Fsp3) is 0.143. The van der Waals surface area contributed by atoms with E-state index < -0.39 is 9.28 Å². The Balaban J connectivity index is 1.88. The highest BCUT2D eigenvalue weighted by molar-refractivity contribution is 6.48. The summed E-state index contributed by atoms with van der Waals surface area (Å²) in [6, 6.07) is 30.5. The Kier molecular flexibility index (Phi) is 5.69. The van der Waals surface area contributed by atoms with E-state index in [1.807, 2.05) is 66.7 Å². The molecule has 3 aromatic rings. The van der Waals surface area contributed by atoms with Crippen molar-refractivity contribution in [2.45, 2.75) is 18.9 Å². The van der Waals surface area contributed by atoms with Gasteiger partial charge in [0.25, 0.3) is 0 Å². The Labute approximate surface area is 145 Å². The molecule has 0 aromatic heterocycles. The van der Waals surface area contributed by atoms with Crippen LogP contribution in [0, 0.1) is 0 Å². The summed E-state index contributed by atoms with van der Waals surface area (Å²) in [5, 5.41) is 0. The second-order valence-electron chi connectivity index (χ2n) is 5.66. The fourth-order valence-corrected chi connectivity index (χ4v) is 4.89. The molecular weight excluding hydrogens is 312 g/mol. The van der Waals surface area contributed by atoms with Gasteiger partial charge in [0.1, 0.15) is 11.5 Å². The van der Waals surface area contributed by atoms with Gasteiger partial charge in [-0.1, -0.05) is 73.7 Å². The second-order valence-corrected chi connectivity index (χ2v) is 7.67. The van der Waals surface area contributed by atoms with Gasteiger partial charge in [-0.3, -0.25) is 0 Å². The Morgan fingerprint density at radius 1 is 0.667 bits per heavy atom. The van der Waals surface area contributed by atoms with Crippen LogP contribution in [0.4, 0.5) is 0 Å². The minimum atomic E-state index is -2.03. The topological polar surface area (TPSA) is 18.5 Å². The first-order valence-electron chi connectivity index (χ1n) is 8.35. The van der Waals surface area contributed by atoms with Crippen LogP contribution in [0.5, 0.6) is 11.5 Å². The van der Waals surface area contributed by atoms with E-state index in [0.717, 1.165) is 17.9 Å². The minimum absolute atomic E-state index is 0.284. The molecule has 3 aromatic carbocycles. The van der Waals surface area contributed by atoms with Crippen molar-refractivity contribution in [1.82, 2.24) is 0 Å². The van der Waals surface area contributed by atoms with Gasteiger partial charge in [-0.15, -0.1) is 0 Å². The standard InChI is InChI=1S/C21H22O2Si/c1-2-21(18-12-6-3-7-13-18)24(22-19-14-8-4-9-15-19)23-20-16-10-5-11-17-20/h3-17,21,24H,2H2,1H3. The SMILES string of the molecule is CCC(c1ccccc1)[SiH](Oc1ccccc1)Oc1ccccc1. The molecule has 1 atom stereocenters. The maximum absolute atomic E-state index is 6.34. The highest BCUT2D eigenvalue weighted by atomic mass is 28.3. The molecule has 0 radical (unpaired) electrons. The summed E-state index contributed by atoms with van der Waals surface area (Å²) >= 11 is 0. The first kappa shape index (κ1) is 16.3. The van der Waals surface area contributed by atoms with E-state index in [1.54, 1.807) is 0 Å². The van der Waals surface area contributed by atoms with Crippen LogP contribution in [0.3, 0.4) is 0 Å². The quantitative estimate of drug-likeness (QED) is 0.560. The monoisotopic (exact) mass is 334 g/mol. The average molecular weight is 334 g/mol. The van der Waals surface area contributed by atoms with Gasteiger partial charge in [-0.2, -0.15) is 0 Å². The van der Waals surface area contributed by atoms with Gasteiger partial charge in [0.2, 0.25) is 0 Å². The molecule has 0 amide bonds. The molecule has 122 valence electrons. The van der Waals surface area contributed by atoms with E-state index in [9.17, 15) is 0 Å². The third-order valence-electron chi connectivity index (χ3n) is 3.99. The summed E-state index contributed by atoms with van der Waals surface area (Å²) in [6.45, 7) is 2.19. The molecule has 0 saturated heterocycles. The Bertz CT molecular complexity index is 675. The smallest absolute Gasteiger partial charge is 0.452 e. The molecule has 0 fully saturated rings. The molecule has 0 saturated carbocycles. The van der Waals surface area contributed by atoms with E-state index >= 15 is 0 Å². The number of rotatable bonds is 7. The van der Waals surface area contributed by atoms with Crippen LogP contribution >= 0.6 is 0 Å². The molecular formula is C21H22O2Si. The second kappa shape index (κ2) is 8.36. The Morgan fingerprint density at radius 2 is 1.08 bits per heavy atom. The molecule has 3 heteroatoms. The highest BCUT2D eigenvalue weighted by Crippen LogP contribution is 2.26. The van der Waals surface area contributed by atoms with Crippen LogP contribution < -0.4 is 8.85 Å². The maximum atomic E-state index is 6.34. The fourth-order valence-electron chi connectivity index (χ4n) is 2.74. The maximum Gasteiger partial charge on any atom is 0.452 e. The number of benzene rings is 3. The van der Waals surface area contributed by atoms with Crippen molar-refractivity contribution in [3.63, 3.8) is 0 Å². The molecule has 1 unspecified atom stereocenters. The van der Waals surface area contributed by atoms with Gasteiger partial charge in [-0.05, 0) is 36.2 Å². The predicted octanol–water partition coefficient (Wildman–Crippen LogP) is 5.10. The highest BCUT2D eigenvalue weighted by Gasteiger charge is 2.30. The summed E-state index contributed by atoms with van der Waals surface area (Å²) in [6.07, 6.45) is 0.987. The number of hydrogen-bond acceptors (Lipinski definition) is 2. The molecule has 24 heavy (non-hydrogen) atoms. The third-order valence-corrected chi connectivity index (χ3v) is 6.51. The molecule has 0 aliphatic carbocycles. The van der Waals surface area contributed by atoms with Crippen molar-refractivity contribution in [2.75, 3.05) is 0 Å². The van der Waals surface area contributed by atoms with Crippen LogP contribution in [0.25, 0.3) is 0 Å². The molecule has 3 rings (SSSR count). The van der Waals surface area contributed by atoms with Crippen LogP contribution in [0.15, 0.2) is 91.0 Å². The Hall–Kier alpha value is -2.52. The lowest BCUT2D eigenvalue weighted by atomic mass is 10.1. The summed E-state index contributed by atoms with van der Waals surface area (Å²) < 4.78 is 12.7. The van der Waals surface area contributed by atoms with Crippen molar-refractivity contribution < 1.29 is 8.85 Å². The van der Waals surface area contributed by atoms with Crippen LogP contribution in [0.1, 0.15) is 24.4 Å². The summed E-state index contributed by atoms with van der Waals surface area (Å²) in [5.41, 5.74) is 1.56. The molecule has 0 aliphatic heterocycles. The number of hydrogen-bond donors (Lipinski definition) is 0. The van der Waals surface area contributed by atoms with E-state index in [1.165, 1.54) is 5.56 Å². The van der Waals surface area contributed by atoms with Gasteiger partial charge >= 0.3 is 9.28 Å². The summed E-state index contributed by atoms with van der Waals surface area (Å²) in [5.74, 6) is 1.75. The summed E-state index contributed by atoms with van der Waals surface area (Å²) in [7, 11) is -2.03. The van der Waals surface area contributed by atoms with Crippen molar-refractivity contribution in [1.29, 1.82) is 0 Å². The predicted molar refractivity (Wildman–Crippen MR) is 101 cm³/mol. The van der Waals surface area contributed by atoms with Crippen LogP contribution in [0.2, 0.25) is 0 Å². The molecule has 2 nitrogen and oxygen atoms in total. The van der Waals surface area contributed by atoms with E-state index in [4.69, 9.17) is 8.85 Å². The van der Waals surface area contributed by atoms with Crippen molar-refractivity contribution in [3.05, 3.63) is 96.6 Å². The normalized spacial score (nSPS) is 11.9. The largest absolute Gasteiger partial charge is 0.514 e. The third kappa shape index (κ3) is 4.27. The number of para-hydroxylation sites is 2. The zero-order valence-corrected chi connectivity index (χ0v) is 15.0. The van der Waals surface area contributed by atoms with E-state index in [0.29, 0.717) is 0 Å². The van der Waals surface area contributed by atoms with Crippen molar-refractivity contribution >= 4 is 9.28 Å². The molecule has 0 heterocycles. The van der Waals surface area contributed by atoms with Gasteiger partial charge in [0.05, 0.1) is 0 Å². The van der Waals surface area contributed by atoms with Gasteiger partial charge in [0, 0.05) is 5.54 Å². The van der Waals surface area contributed by atoms with Crippen molar-refractivity contribution in [3.8, 4) is 11.5 Å². The molecule has 0 spiro atoms. The van der Waals surface area contributed by atoms with E-state index in [-0.39, 0.29) is 5.54 Å². The Morgan fingerprint density at radius 3 is 1.50 bits per heavy atom. The van der Waals surface area contributed by atoms with Gasteiger partial charge in [-0.25, -0.2) is 0 Å². The lowest BCUT2D eigenvalue weighted by Gasteiger charge is -2.26. The molecule has 0 N–H and O–H groups in total. The minimum Gasteiger partial charge on any atom is -0.514 e. The molecule has 0 bridgehead atoms. The zero-order valence-electron chi connectivity index (χ0n) is 13.8. The van der Waals surface area contributed by atoms with Crippen molar-refractivity contribution in [2.24, 2.45) is 0 Å².